The molecule has 2 bridgehead atoms. The smallest absolute Gasteiger partial charge is 0.394 e. The van der Waals surface area contributed by atoms with Crippen LogP contribution >= 0.6 is 0 Å². The predicted octanol–water partition coefficient (Wildman–Crippen LogP) is 3.06. The average molecular weight is 923 g/mol. The van der Waals surface area contributed by atoms with Gasteiger partial charge in [0.2, 0.25) is 12.0 Å². The van der Waals surface area contributed by atoms with Crippen molar-refractivity contribution in [3.63, 3.8) is 0 Å². The van der Waals surface area contributed by atoms with Crippen molar-refractivity contribution in [1.29, 1.82) is 0 Å². The van der Waals surface area contributed by atoms with Gasteiger partial charge in [0.1, 0.15) is 11.7 Å². The summed E-state index contributed by atoms with van der Waals surface area (Å²) in [6.45, 7) is 8.11. The number of aliphatic hydroxyl groups is 2. The second-order valence-electron chi connectivity index (χ2n) is 18.5. The third kappa shape index (κ3) is 7.16. The predicted molar refractivity (Wildman–Crippen MR) is 235 cm³/mol. The Morgan fingerprint density at radius 3 is 2.35 bits per heavy atom. The molecule has 1 aliphatic carbocycles. The molecule has 6 heterocycles. The highest BCUT2D eigenvalue weighted by Gasteiger charge is 2.81. The number of aromatic nitrogens is 1. The first-order valence-corrected chi connectivity index (χ1v) is 23.4. The first-order chi connectivity index (χ1) is 30.8. The number of piperidine rings is 1. The summed E-state index contributed by atoms with van der Waals surface area (Å²) in [5.74, 6) is -3.46. The molecule has 5 aliphatic heterocycles. The van der Waals surface area contributed by atoms with Crippen LogP contribution in [0, 0.1) is 11.3 Å². The van der Waals surface area contributed by atoms with E-state index in [-0.39, 0.29) is 5.92 Å². The van der Waals surface area contributed by atoms with Gasteiger partial charge in [0.05, 0.1) is 38.7 Å². The second kappa shape index (κ2) is 16.8. The van der Waals surface area contributed by atoms with Crippen LogP contribution in [-0.2, 0) is 55.6 Å². The lowest BCUT2D eigenvalue weighted by atomic mass is 9.47. The van der Waals surface area contributed by atoms with Crippen LogP contribution in [0.3, 0.4) is 0 Å². The number of ether oxygens (including phenoxy) is 4. The Balaban J connectivity index is 0.00000109. The minimum Gasteiger partial charge on any atom is -0.496 e. The molecule has 2 saturated heterocycles. The van der Waals surface area contributed by atoms with E-state index in [1.807, 2.05) is 50.3 Å². The van der Waals surface area contributed by atoms with Gasteiger partial charge in [0, 0.05) is 78.6 Å². The number of amides is 1. The number of esters is 3. The lowest BCUT2D eigenvalue weighted by Gasteiger charge is -2.63. The summed E-state index contributed by atoms with van der Waals surface area (Å²) in [6, 6.07) is 10.2. The molecule has 1 amide bonds. The topological polar surface area (TPSA) is 246 Å². The van der Waals surface area contributed by atoms with E-state index in [0.29, 0.717) is 88.2 Å². The summed E-state index contributed by atoms with van der Waals surface area (Å²) in [6.07, 6.45) is 5.62. The highest BCUT2D eigenvalue weighted by Crippen LogP contribution is 2.68. The number of para-hydroxylation sites is 1. The summed E-state index contributed by atoms with van der Waals surface area (Å²) < 4.78 is 55.1. The fourth-order valence-electron chi connectivity index (χ4n) is 13.3. The van der Waals surface area contributed by atoms with Crippen LogP contribution < -0.4 is 9.64 Å². The Kier molecular flexibility index (Phi) is 12.0. The molecule has 6 aliphatic rings. The number of benzene rings is 2. The number of H-pyrrole nitrogens is 1. The maximum atomic E-state index is 14.7. The zero-order valence-electron chi connectivity index (χ0n) is 37.4. The van der Waals surface area contributed by atoms with Gasteiger partial charge < -0.3 is 39.0 Å². The maximum Gasteiger partial charge on any atom is 0.394 e. The van der Waals surface area contributed by atoms with E-state index in [0.717, 1.165) is 27.7 Å². The number of fused-ring (bicyclic) bond motifs is 6. The van der Waals surface area contributed by atoms with Crippen molar-refractivity contribution in [1.82, 2.24) is 14.8 Å². The molecule has 0 radical (unpaired) electrons. The van der Waals surface area contributed by atoms with E-state index < -0.39 is 80.4 Å². The largest absolute Gasteiger partial charge is 0.496 e. The van der Waals surface area contributed by atoms with Crippen molar-refractivity contribution in [2.24, 2.45) is 11.3 Å². The second-order valence-corrected chi connectivity index (χ2v) is 19.3. The van der Waals surface area contributed by atoms with Gasteiger partial charge >= 0.3 is 28.3 Å². The number of hydrogen-bond acceptors (Lipinski definition) is 14. The third-order valence-electron chi connectivity index (χ3n) is 15.5. The molecular weight excluding hydrogens is 865 g/mol. The third-order valence-corrected chi connectivity index (χ3v) is 15.5. The first-order valence-electron chi connectivity index (χ1n) is 22.0. The van der Waals surface area contributed by atoms with Crippen LogP contribution in [0.2, 0.25) is 0 Å². The maximum absolute atomic E-state index is 14.7. The number of nitrogens with one attached hydrogen (secondary N) is 1. The number of rotatable bonds is 8. The fraction of sp³-hybridized carbons (Fsp3) is 0.565. The van der Waals surface area contributed by atoms with Gasteiger partial charge in [-0.25, -0.2) is 4.79 Å². The Bertz CT molecular complexity index is 2540. The van der Waals surface area contributed by atoms with Crippen LogP contribution in [0.5, 0.6) is 5.75 Å². The van der Waals surface area contributed by atoms with Crippen LogP contribution in [0.15, 0.2) is 48.6 Å². The molecule has 18 nitrogen and oxygen atoms in total. The average Bonchev–Trinajstić information content (AvgIpc) is 3.94. The lowest BCUT2D eigenvalue weighted by molar-refractivity contribution is -0.228. The van der Waals surface area contributed by atoms with E-state index in [9.17, 15) is 29.4 Å². The van der Waals surface area contributed by atoms with Crippen LogP contribution in [-0.4, -0.2) is 150 Å². The standard InChI is InChI=1S/C46H56N4O10.H2O4S/c1-7-43(55)22-27-23-48(24-43)18-14-29-28-12-9-10-13-32(28)47-37(29)36(38(53)58-5)35(27)30-20-31-33(21-34(30)57-4)50(25-51)40-45(31)16-19-49-17-11-15-44(8-2,39(45)49)41(60-26(3)52)46(40,56)42(54)59-6;1-5(2,3)4/h9-13,15,20-21,25,27,35-36,39-41,47,55-56H,7-8,14,16-19,22-24H2,1-6H3;(H2,1,2,3,4)/t27?,35-,36-,39+,40-,41-,43?,44-,45-,46+;/m1./s1. The number of carbonyl (C=O) groups is 4. The minimum atomic E-state index is -4.67. The number of methoxy groups -OCH3 is 3. The molecular formula is C46H58N4O14S. The Morgan fingerprint density at radius 2 is 1.72 bits per heavy atom. The summed E-state index contributed by atoms with van der Waals surface area (Å²) in [5.41, 5.74) is -1.17. The Morgan fingerprint density at radius 1 is 1.00 bits per heavy atom. The first kappa shape index (κ1) is 46.6. The number of aromatic amines is 1. The number of nitrogens with zero attached hydrogens (tertiary/aromatic N) is 3. The van der Waals surface area contributed by atoms with E-state index >= 15 is 0 Å². The number of anilines is 1. The van der Waals surface area contributed by atoms with Crippen molar-refractivity contribution < 1.29 is 65.9 Å². The molecule has 1 saturated carbocycles. The molecule has 5 N–H and O–H groups in total. The van der Waals surface area contributed by atoms with Gasteiger partial charge in [-0.15, -0.1) is 0 Å². The van der Waals surface area contributed by atoms with Gasteiger partial charge in [-0.1, -0.05) is 44.2 Å². The summed E-state index contributed by atoms with van der Waals surface area (Å²) >= 11 is 0. The molecule has 65 heavy (non-hydrogen) atoms. The van der Waals surface area contributed by atoms with Gasteiger partial charge in [0.25, 0.3) is 0 Å². The van der Waals surface area contributed by atoms with Gasteiger partial charge in [0.15, 0.2) is 6.10 Å². The molecule has 9 rings (SSSR count). The monoisotopic (exact) mass is 922 g/mol. The molecule has 352 valence electrons. The molecule has 1 spiro atoms. The molecule has 1 aromatic heterocycles. The highest BCUT2D eigenvalue weighted by atomic mass is 32.3. The van der Waals surface area contributed by atoms with Gasteiger partial charge in [-0.3, -0.25) is 33.3 Å². The van der Waals surface area contributed by atoms with Crippen molar-refractivity contribution in [3.05, 3.63) is 70.9 Å². The molecule has 3 aromatic rings. The van der Waals surface area contributed by atoms with E-state index in [4.69, 9.17) is 36.5 Å². The van der Waals surface area contributed by atoms with Crippen molar-refractivity contribution in [2.75, 3.05) is 59.0 Å². The summed E-state index contributed by atoms with van der Waals surface area (Å²) in [4.78, 5) is 65.4. The van der Waals surface area contributed by atoms with E-state index in [1.165, 1.54) is 26.0 Å². The number of hydrogen-bond donors (Lipinski definition) is 5. The van der Waals surface area contributed by atoms with Gasteiger partial charge in [-0.05, 0) is 73.4 Å². The zero-order chi connectivity index (χ0) is 47.0. The minimum absolute atomic E-state index is 0.270. The molecule has 3 fully saturated rings. The molecule has 19 heteroatoms. The van der Waals surface area contributed by atoms with E-state index in [1.54, 1.807) is 13.2 Å². The Hall–Kier alpha value is -4.89. The van der Waals surface area contributed by atoms with E-state index in [2.05, 4.69) is 20.9 Å². The SMILES string of the molecule is CCC1(O)CC2CN(CCc3c([nH]c4ccccc34)[C@H](C(=O)OC)[C@H]2c2cc3c(cc2OC)N(C=O)[C@H]2[C@@](O)(C(=O)OC)[C@H](OC(C)=O)[C@]4(CC)C=CCN5CC[C@]32[C@@H]54)C1.O=S(=O)(O)O. The molecule has 11 atom stereocenters. The lowest BCUT2D eigenvalue weighted by Crippen LogP contribution is -2.81. The number of carbonyl (C=O) groups excluding carboxylic acids is 4. The summed E-state index contributed by atoms with van der Waals surface area (Å²) in [7, 11) is -0.531. The highest BCUT2D eigenvalue weighted by molar-refractivity contribution is 7.79. The van der Waals surface area contributed by atoms with Gasteiger partial charge in [-0.2, -0.15) is 8.42 Å². The molecule has 3 unspecified atom stereocenters. The van der Waals surface area contributed by atoms with Crippen LogP contribution in [0.25, 0.3) is 10.9 Å². The molecule has 2 aromatic carbocycles. The van der Waals surface area contributed by atoms with Crippen molar-refractivity contribution >= 4 is 51.3 Å². The van der Waals surface area contributed by atoms with Crippen LogP contribution in [0.1, 0.15) is 80.7 Å². The van der Waals surface area contributed by atoms with Crippen LogP contribution in [0.4, 0.5) is 5.69 Å². The quantitative estimate of drug-likeness (QED) is 0.0717. The van der Waals surface area contributed by atoms with Crippen molar-refractivity contribution in [3.8, 4) is 5.75 Å². The normalized spacial score (nSPS) is 34.6. The zero-order valence-corrected chi connectivity index (χ0v) is 38.2. The summed E-state index contributed by atoms with van der Waals surface area (Å²) in [5, 5.41) is 26.5. The van der Waals surface area contributed by atoms with Crippen molar-refractivity contribution in [2.45, 2.75) is 99.5 Å². The fourth-order valence-corrected chi connectivity index (χ4v) is 13.3. The Labute approximate surface area is 377 Å².